The summed E-state index contributed by atoms with van der Waals surface area (Å²) in [6.45, 7) is 1.85. The predicted molar refractivity (Wildman–Crippen MR) is 116 cm³/mol. The summed E-state index contributed by atoms with van der Waals surface area (Å²) in [5.41, 5.74) is 0. The molecule has 180 valence electrons. The van der Waals surface area contributed by atoms with Crippen LogP contribution in [0.1, 0.15) is 20.3 Å². The van der Waals surface area contributed by atoms with Crippen molar-refractivity contribution in [2.75, 3.05) is 18.1 Å². The van der Waals surface area contributed by atoms with Crippen LogP contribution in [0.5, 0.6) is 0 Å². The molecule has 1 aliphatic heterocycles. The van der Waals surface area contributed by atoms with E-state index < -0.39 is 69.1 Å². The molecule has 33 heavy (non-hydrogen) atoms. The van der Waals surface area contributed by atoms with Crippen LogP contribution >= 0.6 is 23.5 Å². The van der Waals surface area contributed by atoms with Crippen LogP contribution in [0, 0.1) is 0 Å². The average molecular weight is 538 g/mol. The first-order valence-electron chi connectivity index (χ1n) is 8.60. The predicted octanol–water partition coefficient (Wildman–Crippen LogP) is -3.03. The summed E-state index contributed by atoms with van der Waals surface area (Å²) in [7, 11) is -4.94. The molecule has 0 aromatic heterocycles. The third kappa shape index (κ3) is 11.0. The number of hydroxylamine groups is 2. The molecule has 0 bridgehead atoms. The molecule has 3 N–H and O–H groups in total. The van der Waals surface area contributed by atoms with E-state index in [1.807, 2.05) is 0 Å². The van der Waals surface area contributed by atoms with Crippen molar-refractivity contribution in [1.82, 2.24) is 15.7 Å². The SMILES string of the molecule is CC(=O)SCC(=O)NCC(NC(=O)CSC(C)=O)C(=O)ON1C(=O)CC(S(=O)(=O)O)C1=O.[NaH]. The van der Waals surface area contributed by atoms with E-state index in [1.54, 1.807) is 0 Å². The zero-order valence-corrected chi connectivity index (χ0v) is 19.1. The Hall–Kier alpha value is -1.50. The number of hydrogen-bond acceptors (Lipinski definition) is 12. The van der Waals surface area contributed by atoms with Gasteiger partial charge in [0, 0.05) is 20.4 Å². The van der Waals surface area contributed by atoms with Gasteiger partial charge in [-0.3, -0.25) is 33.3 Å². The first-order chi connectivity index (χ1) is 14.7. The van der Waals surface area contributed by atoms with E-state index in [1.165, 1.54) is 13.8 Å². The second-order valence-electron chi connectivity index (χ2n) is 6.13. The molecule has 1 heterocycles. The summed E-state index contributed by atoms with van der Waals surface area (Å²) in [4.78, 5) is 86.5. The van der Waals surface area contributed by atoms with Gasteiger partial charge in [0.15, 0.2) is 15.5 Å². The van der Waals surface area contributed by atoms with E-state index in [2.05, 4.69) is 15.5 Å². The normalized spacial score (nSPS) is 16.5. The summed E-state index contributed by atoms with van der Waals surface area (Å²) < 4.78 is 31.3. The van der Waals surface area contributed by atoms with Crippen LogP contribution in [0.3, 0.4) is 0 Å². The van der Waals surface area contributed by atoms with Gasteiger partial charge in [-0.25, -0.2) is 4.79 Å². The summed E-state index contributed by atoms with van der Waals surface area (Å²) in [5.74, 6) is -6.34. The van der Waals surface area contributed by atoms with Gasteiger partial charge in [-0.1, -0.05) is 23.5 Å². The number of amides is 4. The molecule has 1 aliphatic rings. The molecule has 2 atom stereocenters. The fourth-order valence-corrected chi connectivity index (χ4v) is 3.65. The van der Waals surface area contributed by atoms with Crippen molar-refractivity contribution >= 4 is 103 Å². The van der Waals surface area contributed by atoms with Gasteiger partial charge in [0.1, 0.15) is 6.04 Å². The molecule has 0 spiro atoms. The van der Waals surface area contributed by atoms with Crippen molar-refractivity contribution in [3.8, 4) is 0 Å². The van der Waals surface area contributed by atoms with Crippen molar-refractivity contribution in [2.24, 2.45) is 0 Å². The van der Waals surface area contributed by atoms with Crippen molar-refractivity contribution in [3.63, 3.8) is 0 Å². The van der Waals surface area contributed by atoms with Gasteiger partial charge in [0.2, 0.25) is 11.8 Å². The molecule has 18 heteroatoms. The Bertz CT molecular complexity index is 941. The van der Waals surface area contributed by atoms with Gasteiger partial charge >= 0.3 is 35.5 Å². The standard InChI is InChI=1S/C15H19N3O11S3.Na.H/c1-7(19)30-5-11(21)16-4-9(17-12(22)6-31-8(2)20)15(25)29-18-13(23)3-10(14(18)24)32(26,27)28;;/h9-10H,3-6H2,1-2H3,(H,16,21)(H,17,22)(H,26,27,28);;. The molecule has 4 amide bonds. The minimum absolute atomic E-state index is 0. The number of nitrogens with zero attached hydrogens (tertiary/aromatic N) is 1. The van der Waals surface area contributed by atoms with E-state index in [0.717, 1.165) is 0 Å². The summed E-state index contributed by atoms with van der Waals surface area (Å²) >= 11 is 1.30. The van der Waals surface area contributed by atoms with E-state index in [-0.39, 0.29) is 51.2 Å². The Morgan fingerprint density at radius 3 is 2.06 bits per heavy atom. The van der Waals surface area contributed by atoms with Gasteiger partial charge in [-0.2, -0.15) is 8.42 Å². The van der Waals surface area contributed by atoms with Crippen molar-refractivity contribution < 1.29 is 51.4 Å². The summed E-state index contributed by atoms with van der Waals surface area (Å²) in [5, 5.41) is 1.35. The van der Waals surface area contributed by atoms with Gasteiger partial charge in [0.25, 0.3) is 21.9 Å². The fourth-order valence-electron chi connectivity index (χ4n) is 2.10. The van der Waals surface area contributed by atoms with Crippen LogP contribution in [0.25, 0.3) is 0 Å². The molecule has 1 fully saturated rings. The van der Waals surface area contributed by atoms with Crippen LogP contribution in [0.15, 0.2) is 0 Å². The molecule has 2 unspecified atom stereocenters. The van der Waals surface area contributed by atoms with Crippen molar-refractivity contribution in [1.29, 1.82) is 0 Å². The minimum atomic E-state index is -4.94. The third-order valence-electron chi connectivity index (χ3n) is 3.54. The van der Waals surface area contributed by atoms with Crippen molar-refractivity contribution in [2.45, 2.75) is 31.6 Å². The average Bonchev–Trinajstić information content (AvgIpc) is 2.96. The van der Waals surface area contributed by atoms with Crippen molar-refractivity contribution in [3.05, 3.63) is 0 Å². The number of rotatable bonds is 10. The fraction of sp³-hybridized carbons (Fsp3) is 0.533. The van der Waals surface area contributed by atoms with Gasteiger partial charge in [0.05, 0.1) is 17.9 Å². The zero-order valence-electron chi connectivity index (χ0n) is 16.7. The van der Waals surface area contributed by atoms with Gasteiger partial charge < -0.3 is 15.5 Å². The first kappa shape index (κ1) is 31.5. The van der Waals surface area contributed by atoms with Crippen LogP contribution in [-0.4, -0.2) is 117 Å². The van der Waals surface area contributed by atoms with Crippen LogP contribution in [-0.2, 0) is 48.5 Å². The molecular formula is C15H20N3NaO11S3. The third-order valence-corrected chi connectivity index (χ3v) is 6.25. The second-order valence-corrected chi connectivity index (χ2v) is 10.0. The van der Waals surface area contributed by atoms with Crippen LogP contribution < -0.4 is 10.6 Å². The molecule has 1 saturated heterocycles. The quantitative estimate of drug-likeness (QED) is 0.144. The Kier molecular flexibility index (Phi) is 13.4. The molecule has 14 nitrogen and oxygen atoms in total. The van der Waals surface area contributed by atoms with Crippen LogP contribution in [0.4, 0.5) is 0 Å². The van der Waals surface area contributed by atoms with E-state index in [0.29, 0.717) is 23.5 Å². The molecule has 1 rings (SSSR count). The zero-order chi connectivity index (χ0) is 24.6. The summed E-state index contributed by atoms with van der Waals surface area (Å²) in [6, 6.07) is -1.65. The Morgan fingerprint density at radius 1 is 1.09 bits per heavy atom. The maximum absolute atomic E-state index is 12.4. The second kappa shape index (κ2) is 14.0. The van der Waals surface area contributed by atoms with Gasteiger partial charge in [-0.15, -0.1) is 5.06 Å². The Balaban J connectivity index is 0.0000102. The molecule has 0 aromatic rings. The number of carbonyl (C=O) groups excluding carboxylic acids is 7. The van der Waals surface area contributed by atoms with E-state index in [9.17, 15) is 42.0 Å². The maximum atomic E-state index is 12.4. The number of hydrogen-bond donors (Lipinski definition) is 3. The molecular weight excluding hydrogens is 517 g/mol. The summed E-state index contributed by atoms with van der Waals surface area (Å²) in [6.07, 6.45) is -0.962. The first-order valence-corrected chi connectivity index (χ1v) is 12.1. The number of thioether (sulfide) groups is 2. The number of carbonyl (C=O) groups is 7. The van der Waals surface area contributed by atoms with E-state index in [4.69, 9.17) is 4.55 Å². The monoisotopic (exact) mass is 537 g/mol. The molecule has 0 aliphatic carbocycles. The molecule has 0 aromatic carbocycles. The Labute approximate surface area is 218 Å². The van der Waals surface area contributed by atoms with Crippen LogP contribution in [0.2, 0.25) is 0 Å². The van der Waals surface area contributed by atoms with Gasteiger partial charge in [-0.05, 0) is 0 Å². The van der Waals surface area contributed by atoms with E-state index >= 15 is 0 Å². The molecule has 0 saturated carbocycles. The topological polar surface area (TPSA) is 210 Å². The Morgan fingerprint density at radius 2 is 1.61 bits per heavy atom. The number of imide groups is 1. The number of nitrogens with one attached hydrogen (secondary N) is 2. The molecule has 0 radical (unpaired) electrons.